The number of hydrogen-bond acceptors (Lipinski definition) is 4. The molecule has 0 spiro atoms. The Kier molecular flexibility index (Phi) is 5.89. The minimum Gasteiger partial charge on any atom is -0.354 e. The zero-order chi connectivity index (χ0) is 17.5. The Morgan fingerprint density at radius 2 is 1.75 bits per heavy atom. The van der Waals surface area contributed by atoms with Crippen LogP contribution in [0.5, 0.6) is 0 Å². The summed E-state index contributed by atoms with van der Waals surface area (Å²) in [7, 11) is 0. The minimum absolute atomic E-state index is 0.0388. The normalized spacial score (nSPS) is 10.1. The summed E-state index contributed by atoms with van der Waals surface area (Å²) in [5.41, 5.74) is 2.76. The minimum atomic E-state index is -0.124. The second-order valence-corrected chi connectivity index (χ2v) is 5.33. The van der Waals surface area contributed by atoms with Crippen molar-refractivity contribution in [2.45, 2.75) is 20.8 Å². The summed E-state index contributed by atoms with van der Waals surface area (Å²) in [4.78, 5) is 29.4. The van der Waals surface area contributed by atoms with E-state index in [2.05, 4.69) is 15.6 Å². The number of amides is 2. The van der Waals surface area contributed by atoms with Crippen LogP contribution in [-0.2, 0) is 4.79 Å². The third kappa shape index (κ3) is 4.55. The van der Waals surface area contributed by atoms with Gasteiger partial charge in [0.25, 0.3) is 5.91 Å². The molecule has 0 saturated carbocycles. The van der Waals surface area contributed by atoms with Crippen LogP contribution in [-0.4, -0.2) is 34.8 Å². The van der Waals surface area contributed by atoms with Crippen LogP contribution >= 0.6 is 0 Å². The lowest BCUT2D eigenvalue weighted by Crippen LogP contribution is -2.30. The predicted octanol–water partition coefficient (Wildman–Crippen LogP) is 3.27. The molecule has 1 aromatic carbocycles. The van der Waals surface area contributed by atoms with Crippen molar-refractivity contribution < 1.29 is 9.59 Å². The van der Waals surface area contributed by atoms with Gasteiger partial charge in [-0.2, -0.15) is 0 Å². The molecule has 2 aromatic rings. The van der Waals surface area contributed by atoms with Crippen LogP contribution in [0.25, 0.3) is 0 Å². The quantitative estimate of drug-likeness (QED) is 0.854. The SMILES string of the molecule is CCN(CC)C(=O)c1cncc(Nc2cccc(NC(C)=O)c2)c1. The average molecular weight is 326 g/mol. The maximum Gasteiger partial charge on any atom is 0.255 e. The van der Waals surface area contributed by atoms with Gasteiger partial charge in [0.1, 0.15) is 0 Å². The Bertz CT molecular complexity index is 726. The fourth-order valence-electron chi connectivity index (χ4n) is 2.36. The van der Waals surface area contributed by atoms with E-state index in [1.54, 1.807) is 23.4 Å². The lowest BCUT2D eigenvalue weighted by Gasteiger charge is -2.18. The molecule has 1 aromatic heterocycles. The van der Waals surface area contributed by atoms with Crippen LogP contribution in [0.1, 0.15) is 31.1 Å². The van der Waals surface area contributed by atoms with E-state index in [4.69, 9.17) is 0 Å². The predicted molar refractivity (Wildman–Crippen MR) is 95.5 cm³/mol. The molecule has 6 heteroatoms. The summed E-state index contributed by atoms with van der Waals surface area (Å²) in [5, 5.41) is 5.94. The molecule has 0 fully saturated rings. The van der Waals surface area contributed by atoms with Gasteiger partial charge in [0, 0.05) is 37.6 Å². The fourth-order valence-corrected chi connectivity index (χ4v) is 2.36. The molecule has 1 heterocycles. The first kappa shape index (κ1) is 17.5. The molecule has 0 aliphatic carbocycles. The van der Waals surface area contributed by atoms with Crippen molar-refractivity contribution in [2.75, 3.05) is 23.7 Å². The molecule has 2 amide bonds. The van der Waals surface area contributed by atoms with Gasteiger partial charge < -0.3 is 15.5 Å². The average Bonchev–Trinajstić information content (AvgIpc) is 2.56. The van der Waals surface area contributed by atoms with Crippen molar-refractivity contribution in [3.63, 3.8) is 0 Å². The number of nitrogens with one attached hydrogen (secondary N) is 2. The molecule has 24 heavy (non-hydrogen) atoms. The van der Waals surface area contributed by atoms with Crippen LogP contribution in [0.2, 0.25) is 0 Å². The number of nitrogens with zero attached hydrogens (tertiary/aromatic N) is 2. The molecule has 2 N–H and O–H groups in total. The highest BCUT2D eigenvalue weighted by Crippen LogP contribution is 2.20. The zero-order valence-electron chi connectivity index (χ0n) is 14.2. The van der Waals surface area contributed by atoms with Gasteiger partial charge in [0.05, 0.1) is 17.4 Å². The molecule has 0 atom stereocenters. The molecule has 6 nitrogen and oxygen atoms in total. The summed E-state index contributed by atoms with van der Waals surface area (Å²) >= 11 is 0. The van der Waals surface area contributed by atoms with Gasteiger partial charge in [0.15, 0.2) is 0 Å². The summed E-state index contributed by atoms with van der Waals surface area (Å²) in [5.74, 6) is -0.163. The third-order valence-electron chi connectivity index (χ3n) is 3.51. The van der Waals surface area contributed by atoms with Crippen molar-refractivity contribution >= 4 is 28.9 Å². The van der Waals surface area contributed by atoms with Crippen LogP contribution in [0.4, 0.5) is 17.1 Å². The lowest BCUT2D eigenvalue weighted by molar-refractivity contribution is -0.114. The Labute approximate surface area is 141 Å². The summed E-state index contributed by atoms with van der Waals surface area (Å²) in [6.07, 6.45) is 3.23. The molecule has 126 valence electrons. The third-order valence-corrected chi connectivity index (χ3v) is 3.51. The van der Waals surface area contributed by atoms with Crippen LogP contribution in [0.3, 0.4) is 0 Å². The molecule has 0 bridgehead atoms. The zero-order valence-corrected chi connectivity index (χ0v) is 14.2. The van der Waals surface area contributed by atoms with E-state index < -0.39 is 0 Å². The number of aromatic nitrogens is 1. The van der Waals surface area contributed by atoms with Crippen molar-refractivity contribution in [3.05, 3.63) is 48.3 Å². The highest BCUT2D eigenvalue weighted by Gasteiger charge is 2.13. The van der Waals surface area contributed by atoms with Gasteiger partial charge in [-0.05, 0) is 38.1 Å². The van der Waals surface area contributed by atoms with E-state index in [0.29, 0.717) is 30.0 Å². The largest absolute Gasteiger partial charge is 0.354 e. The second kappa shape index (κ2) is 8.10. The Morgan fingerprint density at radius 1 is 1.04 bits per heavy atom. The van der Waals surface area contributed by atoms with E-state index in [-0.39, 0.29) is 11.8 Å². The van der Waals surface area contributed by atoms with Gasteiger partial charge in [-0.3, -0.25) is 14.6 Å². The van der Waals surface area contributed by atoms with Gasteiger partial charge in [-0.25, -0.2) is 0 Å². The fraction of sp³-hybridized carbons (Fsp3) is 0.278. The smallest absolute Gasteiger partial charge is 0.255 e. The van der Waals surface area contributed by atoms with Gasteiger partial charge in [-0.1, -0.05) is 6.07 Å². The van der Waals surface area contributed by atoms with Crippen LogP contribution in [0.15, 0.2) is 42.7 Å². The summed E-state index contributed by atoms with van der Waals surface area (Å²) in [6, 6.07) is 9.13. The Morgan fingerprint density at radius 3 is 2.42 bits per heavy atom. The highest BCUT2D eigenvalue weighted by molar-refractivity contribution is 5.95. The molecule has 0 aliphatic rings. The standard InChI is InChI=1S/C18H22N4O2/c1-4-22(5-2)18(24)14-9-17(12-19-11-14)21-16-8-6-7-15(10-16)20-13(3)23/h6-12,21H,4-5H2,1-3H3,(H,20,23). The molecule has 0 saturated heterocycles. The Balaban J connectivity index is 2.18. The number of hydrogen-bond donors (Lipinski definition) is 2. The number of benzene rings is 1. The Hall–Kier alpha value is -2.89. The van der Waals surface area contributed by atoms with Crippen LogP contribution < -0.4 is 10.6 Å². The molecule has 0 unspecified atom stereocenters. The number of anilines is 3. The van der Waals surface area contributed by atoms with Crippen LogP contribution in [0, 0.1) is 0 Å². The highest BCUT2D eigenvalue weighted by atomic mass is 16.2. The number of carbonyl (C=O) groups excluding carboxylic acids is 2. The summed E-state index contributed by atoms with van der Waals surface area (Å²) < 4.78 is 0. The van der Waals surface area contributed by atoms with Gasteiger partial charge in [0.2, 0.25) is 5.91 Å². The molecular formula is C18H22N4O2. The lowest BCUT2D eigenvalue weighted by atomic mass is 10.2. The molecule has 2 rings (SSSR count). The molecule has 0 aliphatic heterocycles. The van der Waals surface area contributed by atoms with E-state index in [1.807, 2.05) is 38.1 Å². The van der Waals surface area contributed by atoms with E-state index in [0.717, 1.165) is 5.69 Å². The van der Waals surface area contributed by atoms with Gasteiger partial charge in [-0.15, -0.1) is 0 Å². The van der Waals surface area contributed by atoms with Crippen molar-refractivity contribution in [1.29, 1.82) is 0 Å². The topological polar surface area (TPSA) is 74.3 Å². The first-order chi connectivity index (χ1) is 11.5. The number of rotatable bonds is 6. The first-order valence-electron chi connectivity index (χ1n) is 7.92. The van der Waals surface area contributed by atoms with E-state index in [1.165, 1.54) is 6.92 Å². The molecule has 0 radical (unpaired) electrons. The second-order valence-electron chi connectivity index (χ2n) is 5.33. The number of pyridine rings is 1. The van der Waals surface area contributed by atoms with Crippen molar-refractivity contribution in [1.82, 2.24) is 9.88 Å². The summed E-state index contributed by atoms with van der Waals surface area (Å²) in [6.45, 7) is 6.68. The monoisotopic (exact) mass is 326 g/mol. The van der Waals surface area contributed by atoms with E-state index >= 15 is 0 Å². The van der Waals surface area contributed by atoms with Crippen molar-refractivity contribution in [2.24, 2.45) is 0 Å². The van der Waals surface area contributed by atoms with Crippen molar-refractivity contribution in [3.8, 4) is 0 Å². The number of carbonyl (C=O) groups is 2. The van der Waals surface area contributed by atoms with E-state index in [9.17, 15) is 9.59 Å². The first-order valence-corrected chi connectivity index (χ1v) is 7.92. The molecular weight excluding hydrogens is 304 g/mol. The maximum atomic E-state index is 12.4. The maximum absolute atomic E-state index is 12.4. The van der Waals surface area contributed by atoms with Gasteiger partial charge >= 0.3 is 0 Å².